The first-order chi connectivity index (χ1) is 5.88. The molecule has 0 fully saturated rings. The number of fused-ring (bicyclic) bond motifs is 1. The quantitative estimate of drug-likeness (QED) is 0.468. The van der Waals surface area contributed by atoms with E-state index in [2.05, 4.69) is 9.55 Å². The van der Waals surface area contributed by atoms with Crippen molar-refractivity contribution in [3.63, 3.8) is 0 Å². The molecule has 2 heterocycles. The van der Waals surface area contributed by atoms with Crippen LogP contribution in [0.4, 0.5) is 0 Å². The van der Waals surface area contributed by atoms with Crippen molar-refractivity contribution in [2.24, 2.45) is 0 Å². The lowest BCUT2D eigenvalue weighted by Gasteiger charge is -1.85. The summed E-state index contributed by atoms with van der Waals surface area (Å²) in [5.74, 6) is 0.941. The monoisotopic (exact) mass is 199 g/mol. The zero-order valence-electron chi connectivity index (χ0n) is 7.15. The Labute approximate surface area is 82.0 Å². The van der Waals surface area contributed by atoms with Gasteiger partial charge in [0.2, 0.25) is 11.6 Å². The van der Waals surface area contributed by atoms with Gasteiger partial charge in [-0.1, -0.05) is 26.1 Å². The second kappa shape index (κ2) is 4.52. The summed E-state index contributed by atoms with van der Waals surface area (Å²) >= 11 is 6.76. The van der Waals surface area contributed by atoms with Crippen molar-refractivity contribution in [3.8, 4) is 0 Å². The van der Waals surface area contributed by atoms with Crippen molar-refractivity contribution >= 4 is 28.2 Å². The molecule has 4 heteroatoms. The maximum atomic E-state index is 5.08. The lowest BCUT2D eigenvalue weighted by molar-refractivity contribution is -0.674. The standard InChI is InChI=1S/C6H5N2S2.C2H6/c9-6-5-3-7-1-2-8(5)4-10-6;1-2/h1-3H,4H2;1-2H3/q+1;. The van der Waals surface area contributed by atoms with E-state index in [-0.39, 0.29) is 0 Å². The molecule has 1 aromatic heterocycles. The molecule has 0 spiro atoms. The third-order valence-electron chi connectivity index (χ3n) is 1.38. The van der Waals surface area contributed by atoms with Crippen molar-refractivity contribution in [1.29, 1.82) is 0 Å². The Morgan fingerprint density at radius 1 is 1.58 bits per heavy atom. The lowest BCUT2D eigenvalue weighted by atomic mass is 10.5. The zero-order valence-corrected chi connectivity index (χ0v) is 8.78. The predicted octanol–water partition coefficient (Wildman–Crippen LogP) is 1.78. The van der Waals surface area contributed by atoms with Crippen molar-refractivity contribution in [1.82, 2.24) is 4.98 Å². The minimum atomic E-state index is 0.941. The number of hydrogen-bond donors (Lipinski definition) is 0. The van der Waals surface area contributed by atoms with Crippen LogP contribution in [0.3, 0.4) is 0 Å². The van der Waals surface area contributed by atoms with Gasteiger partial charge in [0.1, 0.15) is 10.4 Å². The summed E-state index contributed by atoms with van der Waals surface area (Å²) in [5.41, 5.74) is 1.07. The second-order valence-electron chi connectivity index (χ2n) is 1.99. The van der Waals surface area contributed by atoms with Gasteiger partial charge >= 0.3 is 0 Å². The molecule has 12 heavy (non-hydrogen) atoms. The number of aromatic nitrogens is 2. The Morgan fingerprint density at radius 3 is 3.00 bits per heavy atom. The molecule has 2 rings (SSSR count). The zero-order chi connectivity index (χ0) is 8.97. The summed E-state index contributed by atoms with van der Waals surface area (Å²) in [5, 5.41) is 0. The van der Waals surface area contributed by atoms with Gasteiger partial charge in [-0.15, -0.1) is 0 Å². The highest BCUT2D eigenvalue weighted by Crippen LogP contribution is 2.16. The van der Waals surface area contributed by atoms with Crippen LogP contribution in [0, 0.1) is 0 Å². The summed E-state index contributed by atoms with van der Waals surface area (Å²) in [6.07, 6.45) is 5.53. The molecule has 0 saturated heterocycles. The summed E-state index contributed by atoms with van der Waals surface area (Å²) < 4.78 is 3.05. The fourth-order valence-electron chi connectivity index (χ4n) is 0.872. The second-order valence-corrected chi connectivity index (χ2v) is 3.61. The van der Waals surface area contributed by atoms with Crippen LogP contribution < -0.4 is 4.57 Å². The molecule has 0 aromatic carbocycles. The molecule has 0 amide bonds. The summed E-state index contributed by atoms with van der Waals surface area (Å²) in [6, 6.07) is 0. The van der Waals surface area contributed by atoms with Gasteiger partial charge in [0.25, 0.3) is 0 Å². The van der Waals surface area contributed by atoms with Crippen LogP contribution in [-0.2, 0) is 5.88 Å². The Hall–Kier alpha value is -0.480. The van der Waals surface area contributed by atoms with Crippen LogP contribution in [0.15, 0.2) is 18.6 Å². The fraction of sp³-hybridized carbons (Fsp3) is 0.375. The molecule has 0 aliphatic carbocycles. The topological polar surface area (TPSA) is 16.8 Å². The number of thioether (sulfide) groups is 1. The Kier molecular flexibility index (Phi) is 3.62. The van der Waals surface area contributed by atoms with E-state index < -0.39 is 0 Å². The third kappa shape index (κ3) is 1.81. The van der Waals surface area contributed by atoms with E-state index in [1.807, 2.05) is 26.2 Å². The first-order valence-corrected chi connectivity index (χ1v) is 5.28. The highest BCUT2D eigenvalue weighted by Gasteiger charge is 2.23. The molecule has 0 atom stereocenters. The highest BCUT2D eigenvalue weighted by atomic mass is 32.2. The van der Waals surface area contributed by atoms with E-state index in [1.54, 1.807) is 18.0 Å². The third-order valence-corrected chi connectivity index (χ3v) is 2.82. The van der Waals surface area contributed by atoms with Crippen LogP contribution in [0.1, 0.15) is 19.5 Å². The average molecular weight is 199 g/mol. The Bertz CT molecular complexity index is 286. The van der Waals surface area contributed by atoms with Crippen LogP contribution in [0.25, 0.3) is 0 Å². The molecular formula is C8H11N2S2+. The normalized spacial score (nSPS) is 13.3. The molecule has 1 aliphatic heterocycles. The van der Waals surface area contributed by atoms with Crippen LogP contribution >= 0.6 is 24.0 Å². The summed E-state index contributed by atoms with van der Waals surface area (Å²) in [7, 11) is 0. The SMILES string of the molecule is CC.S=C1SC[n+]2ccncc21. The molecule has 1 aliphatic rings. The van der Waals surface area contributed by atoms with Gasteiger partial charge in [-0.05, 0) is 11.8 Å². The average Bonchev–Trinajstić information content (AvgIpc) is 2.53. The fourth-order valence-corrected chi connectivity index (χ4v) is 2.00. The first-order valence-electron chi connectivity index (χ1n) is 3.88. The van der Waals surface area contributed by atoms with Gasteiger partial charge in [0.15, 0.2) is 6.20 Å². The van der Waals surface area contributed by atoms with Crippen LogP contribution in [-0.4, -0.2) is 9.18 Å². The lowest BCUT2D eigenvalue weighted by Crippen LogP contribution is -2.32. The minimum absolute atomic E-state index is 0.941. The van der Waals surface area contributed by atoms with E-state index in [0.29, 0.717) is 0 Å². The molecule has 2 nitrogen and oxygen atoms in total. The Balaban J connectivity index is 0.000000336. The maximum absolute atomic E-state index is 5.08. The van der Waals surface area contributed by atoms with Gasteiger partial charge in [-0.3, -0.25) is 4.98 Å². The number of rotatable bonds is 0. The summed E-state index contributed by atoms with van der Waals surface area (Å²) in [4.78, 5) is 3.99. The van der Waals surface area contributed by atoms with Gasteiger partial charge in [-0.25, -0.2) is 0 Å². The molecule has 0 bridgehead atoms. The van der Waals surface area contributed by atoms with Crippen LogP contribution in [0.2, 0.25) is 0 Å². The van der Waals surface area contributed by atoms with E-state index in [4.69, 9.17) is 12.2 Å². The smallest absolute Gasteiger partial charge is 0.249 e. The van der Waals surface area contributed by atoms with E-state index in [1.165, 1.54) is 0 Å². The predicted molar refractivity (Wildman–Crippen MR) is 55.1 cm³/mol. The molecular weight excluding hydrogens is 188 g/mol. The molecule has 0 N–H and O–H groups in total. The van der Waals surface area contributed by atoms with Gasteiger partial charge in [-0.2, -0.15) is 4.57 Å². The molecule has 0 saturated carbocycles. The van der Waals surface area contributed by atoms with Crippen molar-refractivity contribution in [3.05, 3.63) is 24.3 Å². The van der Waals surface area contributed by atoms with Crippen LogP contribution in [0.5, 0.6) is 0 Å². The maximum Gasteiger partial charge on any atom is 0.249 e. The number of thiocarbonyl (C=S) groups is 1. The number of hydrogen-bond acceptors (Lipinski definition) is 3. The minimum Gasteiger partial charge on any atom is -0.251 e. The van der Waals surface area contributed by atoms with Gasteiger partial charge in [0, 0.05) is 0 Å². The molecule has 0 unspecified atom stereocenters. The highest BCUT2D eigenvalue weighted by molar-refractivity contribution is 8.23. The number of nitrogens with zero attached hydrogens (tertiary/aromatic N) is 2. The van der Waals surface area contributed by atoms with Crippen molar-refractivity contribution < 1.29 is 4.57 Å². The van der Waals surface area contributed by atoms with Gasteiger partial charge < -0.3 is 0 Å². The largest absolute Gasteiger partial charge is 0.251 e. The summed E-state index contributed by atoms with van der Waals surface area (Å²) in [6.45, 7) is 4.00. The van der Waals surface area contributed by atoms with Gasteiger partial charge in [0.05, 0.1) is 6.20 Å². The van der Waals surface area contributed by atoms with E-state index in [0.717, 1.165) is 15.8 Å². The van der Waals surface area contributed by atoms with Crippen molar-refractivity contribution in [2.45, 2.75) is 19.7 Å². The van der Waals surface area contributed by atoms with Crippen molar-refractivity contribution in [2.75, 3.05) is 0 Å². The first kappa shape index (κ1) is 9.61. The van der Waals surface area contributed by atoms with E-state index in [9.17, 15) is 0 Å². The van der Waals surface area contributed by atoms with E-state index >= 15 is 0 Å². The molecule has 0 radical (unpaired) electrons. The molecule has 1 aromatic rings. The Morgan fingerprint density at radius 2 is 2.33 bits per heavy atom. The molecule has 64 valence electrons.